The van der Waals surface area contributed by atoms with Gasteiger partial charge in [0.1, 0.15) is 18.4 Å². The molecular weight excluding hydrogens is 558 g/mol. The van der Waals surface area contributed by atoms with E-state index in [0.29, 0.717) is 22.5 Å². The predicted molar refractivity (Wildman–Crippen MR) is 141 cm³/mol. The van der Waals surface area contributed by atoms with Crippen molar-refractivity contribution in [2.24, 2.45) is 5.92 Å². The summed E-state index contributed by atoms with van der Waals surface area (Å²) >= 11 is 0. The van der Waals surface area contributed by atoms with E-state index in [4.69, 9.17) is 4.74 Å². The Hall–Kier alpha value is -4.48. The highest BCUT2D eigenvalue weighted by Crippen LogP contribution is 2.48. The molecule has 8 nitrogen and oxygen atoms in total. The van der Waals surface area contributed by atoms with Gasteiger partial charge in [0.15, 0.2) is 11.4 Å². The highest BCUT2D eigenvalue weighted by atomic mass is 19.4. The highest BCUT2D eigenvalue weighted by molar-refractivity contribution is 6.06. The molecule has 5 rings (SSSR count). The zero-order valence-electron chi connectivity index (χ0n) is 22.5. The molecule has 220 valence electrons. The summed E-state index contributed by atoms with van der Waals surface area (Å²) in [5, 5.41) is 2.63. The number of carbonyl (C=O) groups is 4. The highest BCUT2D eigenvalue weighted by Gasteiger charge is 2.56. The fourth-order valence-electron chi connectivity index (χ4n) is 5.56. The van der Waals surface area contributed by atoms with Crippen LogP contribution in [0.2, 0.25) is 0 Å². The number of nitrogens with one attached hydrogen (secondary N) is 1. The van der Waals surface area contributed by atoms with Crippen molar-refractivity contribution >= 4 is 23.7 Å². The molecule has 1 saturated carbocycles. The summed E-state index contributed by atoms with van der Waals surface area (Å²) in [6.45, 7) is -0.413. The van der Waals surface area contributed by atoms with Crippen LogP contribution in [0, 0.1) is 11.7 Å². The van der Waals surface area contributed by atoms with E-state index in [9.17, 15) is 36.7 Å². The number of alkyl halides is 3. The number of carbonyl (C=O) groups excluding carboxylic acids is 4. The van der Waals surface area contributed by atoms with E-state index in [1.54, 1.807) is 36.4 Å². The number of ketones is 1. The fourth-order valence-corrected chi connectivity index (χ4v) is 5.56. The van der Waals surface area contributed by atoms with Gasteiger partial charge >= 0.3 is 12.3 Å². The van der Waals surface area contributed by atoms with Crippen LogP contribution in [0.4, 0.5) is 22.4 Å². The third-order valence-electron chi connectivity index (χ3n) is 7.88. The van der Waals surface area contributed by atoms with Gasteiger partial charge in [-0.25, -0.2) is 9.18 Å². The summed E-state index contributed by atoms with van der Waals surface area (Å²) < 4.78 is 60.0. The van der Waals surface area contributed by atoms with Gasteiger partial charge in [-0.15, -0.1) is 0 Å². The quantitative estimate of drug-likeness (QED) is 0.482. The molecule has 0 aromatic heterocycles. The van der Waals surface area contributed by atoms with Gasteiger partial charge in [-0.1, -0.05) is 36.4 Å². The van der Waals surface area contributed by atoms with E-state index >= 15 is 0 Å². The molecule has 12 heteroatoms. The van der Waals surface area contributed by atoms with E-state index in [0.717, 1.165) is 24.0 Å². The van der Waals surface area contributed by atoms with Crippen LogP contribution in [0.25, 0.3) is 0 Å². The summed E-state index contributed by atoms with van der Waals surface area (Å²) in [7, 11) is 0. The number of benzene rings is 2. The first kappa shape index (κ1) is 29.0. The molecule has 1 aliphatic heterocycles. The van der Waals surface area contributed by atoms with Crippen molar-refractivity contribution in [2.45, 2.75) is 44.1 Å². The number of ether oxygens (including phenoxy) is 1. The topological polar surface area (TPSA) is 96.0 Å². The molecule has 3 atom stereocenters. The molecule has 0 radical (unpaired) electrons. The minimum Gasteiger partial charge on any atom is -0.436 e. The van der Waals surface area contributed by atoms with E-state index < -0.39 is 60.6 Å². The van der Waals surface area contributed by atoms with Crippen LogP contribution in [0.3, 0.4) is 0 Å². The molecule has 1 saturated heterocycles. The van der Waals surface area contributed by atoms with Crippen LogP contribution >= 0.6 is 0 Å². The summed E-state index contributed by atoms with van der Waals surface area (Å²) in [5.74, 6) is -2.99. The molecule has 2 aromatic carbocycles. The Kier molecular flexibility index (Phi) is 7.65. The molecular formula is C30H27F4N3O5. The first-order valence-corrected chi connectivity index (χ1v) is 13.3. The van der Waals surface area contributed by atoms with Crippen LogP contribution in [0.15, 0.2) is 78.0 Å². The predicted octanol–water partition coefficient (Wildman–Crippen LogP) is 4.53. The number of hydrogen-bond acceptors (Lipinski definition) is 5. The molecule has 1 N–H and O–H groups in total. The van der Waals surface area contributed by atoms with Gasteiger partial charge in [-0.2, -0.15) is 13.2 Å². The summed E-state index contributed by atoms with van der Waals surface area (Å²) in [5.41, 5.74) is 0.0551. The molecule has 2 unspecified atom stereocenters. The number of rotatable bonds is 7. The monoisotopic (exact) mass is 585 g/mol. The van der Waals surface area contributed by atoms with E-state index in [-0.39, 0.29) is 30.0 Å². The fraction of sp³-hybridized carbons (Fsp3) is 0.333. The Morgan fingerprint density at radius 1 is 1.10 bits per heavy atom. The molecule has 2 aliphatic carbocycles. The van der Waals surface area contributed by atoms with Crippen LogP contribution < -0.4 is 5.32 Å². The minimum absolute atomic E-state index is 0.101. The van der Waals surface area contributed by atoms with Crippen molar-refractivity contribution in [1.82, 2.24) is 15.1 Å². The second kappa shape index (κ2) is 11.1. The van der Waals surface area contributed by atoms with Crippen LogP contribution in [0.5, 0.6) is 0 Å². The Morgan fingerprint density at radius 2 is 1.79 bits per heavy atom. The number of nitrogens with zero attached hydrogens (tertiary/aromatic N) is 2. The zero-order valence-corrected chi connectivity index (χ0v) is 22.5. The third kappa shape index (κ3) is 5.65. The maximum Gasteiger partial charge on any atom is 0.411 e. The number of halogens is 4. The lowest BCUT2D eigenvalue weighted by Gasteiger charge is -2.32. The van der Waals surface area contributed by atoms with Crippen LogP contribution in [-0.4, -0.2) is 64.4 Å². The number of amides is 3. The maximum atomic E-state index is 13.7. The number of fused-ring (bicyclic) bond motifs is 2. The van der Waals surface area contributed by atoms with Gasteiger partial charge in [0.25, 0.3) is 5.91 Å². The molecule has 1 heterocycles. The van der Waals surface area contributed by atoms with Gasteiger partial charge in [0.2, 0.25) is 5.91 Å². The van der Waals surface area contributed by atoms with Gasteiger partial charge in [-0.3, -0.25) is 19.3 Å². The minimum atomic E-state index is -4.74. The summed E-state index contributed by atoms with van der Waals surface area (Å²) in [4.78, 5) is 53.5. The molecule has 2 fully saturated rings. The Balaban J connectivity index is 1.31. The molecule has 2 aromatic rings. The Morgan fingerprint density at radius 3 is 2.45 bits per heavy atom. The Bertz CT molecular complexity index is 1470. The first-order valence-electron chi connectivity index (χ1n) is 13.3. The average molecular weight is 586 g/mol. The average Bonchev–Trinajstić information content (AvgIpc) is 3.47. The van der Waals surface area contributed by atoms with Gasteiger partial charge in [0, 0.05) is 18.0 Å². The van der Waals surface area contributed by atoms with Gasteiger partial charge in [0.05, 0.1) is 12.2 Å². The number of hydrogen-bond donors (Lipinski definition) is 1. The second-order valence-electron chi connectivity index (χ2n) is 10.6. The molecule has 3 amide bonds. The van der Waals surface area contributed by atoms with E-state index in [1.165, 1.54) is 18.2 Å². The van der Waals surface area contributed by atoms with E-state index in [1.807, 2.05) is 0 Å². The third-order valence-corrected chi connectivity index (χ3v) is 7.88. The van der Waals surface area contributed by atoms with Crippen molar-refractivity contribution in [1.29, 1.82) is 0 Å². The van der Waals surface area contributed by atoms with Crippen molar-refractivity contribution in [3.8, 4) is 0 Å². The standard InChI is InChI=1S/C30H27F4N3O5/c1-18(30(32,33)34)37(15-19-7-9-21(31)10-8-19)25(38)16-36-17-29(42-28(36)41)14-13-22-23(29)11-12-24(26(22)39)35-27(40)20-5-3-2-4-6-20/h2-12,18,22H,13-17H2,1H3,(H,35,40)/t18?,22?,29-/m0/s1. The summed E-state index contributed by atoms with van der Waals surface area (Å²) in [6.07, 6.45) is -1.98. The van der Waals surface area contributed by atoms with Crippen molar-refractivity contribution in [3.05, 3.63) is 95.0 Å². The maximum absolute atomic E-state index is 13.7. The largest absolute Gasteiger partial charge is 0.436 e. The Labute approximate surface area is 238 Å². The van der Waals surface area contributed by atoms with Crippen molar-refractivity contribution < 1.29 is 41.5 Å². The SMILES string of the molecule is CC(N(Cc1ccc(F)cc1)C(=O)CN1C[C@]2(CCC3C(=O)C(NC(=O)c4ccccc4)=CC=C32)OC1=O)C(F)(F)F. The van der Waals surface area contributed by atoms with Crippen molar-refractivity contribution in [3.63, 3.8) is 0 Å². The molecule has 42 heavy (non-hydrogen) atoms. The summed E-state index contributed by atoms with van der Waals surface area (Å²) in [6, 6.07) is 10.9. The lowest BCUT2D eigenvalue weighted by molar-refractivity contribution is -0.187. The second-order valence-corrected chi connectivity index (χ2v) is 10.6. The van der Waals surface area contributed by atoms with Gasteiger partial charge in [-0.05, 0) is 61.2 Å². The smallest absolute Gasteiger partial charge is 0.411 e. The molecule has 1 spiro atoms. The first-order chi connectivity index (χ1) is 19.9. The van der Waals surface area contributed by atoms with E-state index in [2.05, 4.69) is 5.32 Å². The lowest BCUT2D eigenvalue weighted by Crippen LogP contribution is -2.50. The van der Waals surface area contributed by atoms with Crippen molar-refractivity contribution in [2.75, 3.05) is 13.1 Å². The van der Waals surface area contributed by atoms with Gasteiger partial charge < -0.3 is 15.0 Å². The molecule has 0 bridgehead atoms. The normalized spacial score (nSPS) is 22.3. The lowest BCUT2D eigenvalue weighted by atomic mass is 9.85. The van der Waals surface area contributed by atoms with Crippen LogP contribution in [-0.2, 0) is 20.9 Å². The zero-order chi connectivity index (χ0) is 30.2. The number of Topliss-reactive ketones (excluding diaryl/α,β-unsaturated/α-hetero) is 1. The van der Waals surface area contributed by atoms with Crippen LogP contribution in [0.1, 0.15) is 35.7 Å². The number of allylic oxidation sites excluding steroid dienone is 3. The molecule has 3 aliphatic rings.